The van der Waals surface area contributed by atoms with E-state index in [-0.39, 0.29) is 12.5 Å². The number of likely N-dealkylation sites (tertiary alicyclic amines) is 1. The van der Waals surface area contributed by atoms with Crippen LogP contribution in [0.2, 0.25) is 0 Å². The fraction of sp³-hybridized carbons (Fsp3) is 0.562. The van der Waals surface area contributed by atoms with E-state index in [4.69, 9.17) is 10.5 Å². The van der Waals surface area contributed by atoms with Crippen LogP contribution < -0.4 is 10.5 Å². The van der Waals surface area contributed by atoms with Crippen LogP contribution in [-0.2, 0) is 11.3 Å². The molecule has 2 atom stereocenters. The normalized spacial score (nSPS) is 22.6. The maximum Gasteiger partial charge on any atom is 0.260 e. The monoisotopic (exact) mass is 276 g/mol. The summed E-state index contributed by atoms with van der Waals surface area (Å²) in [6.07, 6.45) is 1.08. The van der Waals surface area contributed by atoms with Crippen molar-refractivity contribution < 1.29 is 9.53 Å². The Hall–Kier alpha value is -1.55. The Morgan fingerprint density at radius 2 is 2.00 bits per heavy atom. The average Bonchev–Trinajstić information content (AvgIpc) is 2.48. The second-order valence-electron chi connectivity index (χ2n) is 5.72. The quantitative estimate of drug-likeness (QED) is 0.915. The maximum atomic E-state index is 12.1. The Balaban J connectivity index is 1.82. The second kappa shape index (κ2) is 6.75. The molecule has 2 N–H and O–H groups in total. The third kappa shape index (κ3) is 3.73. The van der Waals surface area contributed by atoms with E-state index in [9.17, 15) is 4.79 Å². The van der Waals surface area contributed by atoms with Gasteiger partial charge in [-0.2, -0.15) is 0 Å². The van der Waals surface area contributed by atoms with E-state index in [0.717, 1.165) is 25.1 Å². The van der Waals surface area contributed by atoms with E-state index in [0.29, 0.717) is 24.1 Å². The van der Waals surface area contributed by atoms with Crippen LogP contribution in [0, 0.1) is 11.8 Å². The molecular weight excluding hydrogens is 252 g/mol. The lowest BCUT2D eigenvalue weighted by Crippen LogP contribution is -2.44. The molecule has 1 amide bonds. The van der Waals surface area contributed by atoms with E-state index in [2.05, 4.69) is 13.8 Å². The number of carbonyl (C=O) groups excluding carboxylic acids is 1. The van der Waals surface area contributed by atoms with Crippen LogP contribution in [0.15, 0.2) is 24.3 Å². The Morgan fingerprint density at radius 1 is 1.30 bits per heavy atom. The lowest BCUT2D eigenvalue weighted by molar-refractivity contribution is -0.135. The summed E-state index contributed by atoms with van der Waals surface area (Å²) >= 11 is 0. The Kier molecular flexibility index (Phi) is 5.01. The van der Waals surface area contributed by atoms with Crippen LogP contribution in [0.1, 0.15) is 25.8 Å². The number of benzene rings is 1. The summed E-state index contributed by atoms with van der Waals surface area (Å²) in [5, 5.41) is 0. The van der Waals surface area contributed by atoms with Crippen LogP contribution in [0.25, 0.3) is 0 Å². The number of carbonyl (C=O) groups is 1. The second-order valence-corrected chi connectivity index (χ2v) is 5.72. The molecule has 2 unspecified atom stereocenters. The van der Waals surface area contributed by atoms with E-state index in [1.165, 1.54) is 0 Å². The molecule has 0 bridgehead atoms. The molecule has 0 aliphatic carbocycles. The third-order valence-electron chi connectivity index (χ3n) is 4.21. The molecule has 0 saturated carbocycles. The zero-order chi connectivity index (χ0) is 14.5. The van der Waals surface area contributed by atoms with Crippen molar-refractivity contribution in [2.24, 2.45) is 17.6 Å². The fourth-order valence-corrected chi connectivity index (χ4v) is 2.45. The molecule has 4 heteroatoms. The molecule has 1 fully saturated rings. The van der Waals surface area contributed by atoms with Crippen molar-refractivity contribution in [3.63, 3.8) is 0 Å². The zero-order valence-corrected chi connectivity index (χ0v) is 12.3. The van der Waals surface area contributed by atoms with Crippen LogP contribution in [-0.4, -0.2) is 30.5 Å². The van der Waals surface area contributed by atoms with Gasteiger partial charge in [-0.05, 0) is 36.0 Å². The first-order chi connectivity index (χ1) is 9.60. The summed E-state index contributed by atoms with van der Waals surface area (Å²) in [6, 6.07) is 7.56. The molecule has 2 rings (SSSR count). The number of hydrogen-bond acceptors (Lipinski definition) is 3. The molecular formula is C16H24N2O2. The number of amides is 1. The SMILES string of the molecule is CC1CCN(C(=O)COc2ccc(CN)cc2)CC1C. The van der Waals surface area contributed by atoms with Crippen LogP contribution in [0.5, 0.6) is 5.75 Å². The molecule has 4 nitrogen and oxygen atoms in total. The van der Waals surface area contributed by atoms with Gasteiger partial charge in [0.05, 0.1) is 0 Å². The van der Waals surface area contributed by atoms with Crippen molar-refractivity contribution in [1.29, 1.82) is 0 Å². The molecule has 0 aromatic heterocycles. The summed E-state index contributed by atoms with van der Waals surface area (Å²) in [6.45, 7) is 6.78. The lowest BCUT2D eigenvalue weighted by atomic mass is 9.89. The Bertz CT molecular complexity index is 444. The van der Waals surface area contributed by atoms with Gasteiger partial charge in [0.1, 0.15) is 5.75 Å². The highest BCUT2D eigenvalue weighted by molar-refractivity contribution is 5.77. The minimum absolute atomic E-state index is 0.0756. The average molecular weight is 276 g/mol. The first-order valence-electron chi connectivity index (χ1n) is 7.29. The van der Waals surface area contributed by atoms with Gasteiger partial charge >= 0.3 is 0 Å². The molecule has 1 saturated heterocycles. The summed E-state index contributed by atoms with van der Waals surface area (Å²) in [5.74, 6) is 2.06. The van der Waals surface area contributed by atoms with Crippen molar-refractivity contribution in [2.75, 3.05) is 19.7 Å². The molecule has 1 aliphatic rings. The van der Waals surface area contributed by atoms with Gasteiger partial charge in [0.2, 0.25) is 0 Å². The number of rotatable bonds is 4. The Morgan fingerprint density at radius 3 is 2.60 bits per heavy atom. The van der Waals surface area contributed by atoms with Gasteiger partial charge < -0.3 is 15.4 Å². The van der Waals surface area contributed by atoms with Gasteiger partial charge in [0.25, 0.3) is 5.91 Å². The minimum Gasteiger partial charge on any atom is -0.484 e. The lowest BCUT2D eigenvalue weighted by Gasteiger charge is -2.35. The highest BCUT2D eigenvalue weighted by Crippen LogP contribution is 2.22. The number of piperidine rings is 1. The van der Waals surface area contributed by atoms with E-state index < -0.39 is 0 Å². The van der Waals surface area contributed by atoms with Gasteiger partial charge in [-0.3, -0.25) is 4.79 Å². The summed E-state index contributed by atoms with van der Waals surface area (Å²) < 4.78 is 5.55. The van der Waals surface area contributed by atoms with E-state index in [1.54, 1.807) is 0 Å². The largest absolute Gasteiger partial charge is 0.484 e. The van der Waals surface area contributed by atoms with Crippen molar-refractivity contribution in [1.82, 2.24) is 4.90 Å². The molecule has 20 heavy (non-hydrogen) atoms. The van der Waals surface area contributed by atoms with Gasteiger partial charge in [-0.1, -0.05) is 26.0 Å². The van der Waals surface area contributed by atoms with Gasteiger partial charge in [0, 0.05) is 19.6 Å². The molecule has 1 heterocycles. The summed E-state index contributed by atoms with van der Waals surface area (Å²) in [5.41, 5.74) is 6.60. The molecule has 1 aromatic rings. The van der Waals surface area contributed by atoms with Crippen LogP contribution in [0.4, 0.5) is 0 Å². The van der Waals surface area contributed by atoms with Crippen molar-refractivity contribution in [3.05, 3.63) is 29.8 Å². The van der Waals surface area contributed by atoms with E-state index in [1.807, 2.05) is 29.2 Å². The zero-order valence-electron chi connectivity index (χ0n) is 12.3. The van der Waals surface area contributed by atoms with Crippen LogP contribution >= 0.6 is 0 Å². The fourth-order valence-electron chi connectivity index (χ4n) is 2.45. The maximum absolute atomic E-state index is 12.1. The van der Waals surface area contributed by atoms with Crippen molar-refractivity contribution >= 4 is 5.91 Å². The smallest absolute Gasteiger partial charge is 0.260 e. The van der Waals surface area contributed by atoms with Gasteiger partial charge in [-0.25, -0.2) is 0 Å². The molecule has 110 valence electrons. The minimum atomic E-state index is 0.0756. The molecule has 0 spiro atoms. The number of nitrogens with zero attached hydrogens (tertiary/aromatic N) is 1. The predicted molar refractivity (Wildman–Crippen MR) is 79.4 cm³/mol. The summed E-state index contributed by atoms with van der Waals surface area (Å²) in [4.78, 5) is 14.0. The first-order valence-corrected chi connectivity index (χ1v) is 7.29. The number of hydrogen-bond donors (Lipinski definition) is 1. The predicted octanol–water partition coefficient (Wildman–Crippen LogP) is 2.03. The highest BCUT2D eigenvalue weighted by atomic mass is 16.5. The topological polar surface area (TPSA) is 55.6 Å². The first kappa shape index (κ1) is 14.9. The Labute approximate surface area is 120 Å². The third-order valence-corrected chi connectivity index (χ3v) is 4.21. The number of ether oxygens (including phenoxy) is 1. The summed E-state index contributed by atoms with van der Waals surface area (Å²) in [7, 11) is 0. The standard InChI is InChI=1S/C16H24N2O2/c1-12-7-8-18(10-13(12)2)16(19)11-20-15-5-3-14(9-17)4-6-15/h3-6,12-13H,7-11,17H2,1-2H3. The van der Waals surface area contributed by atoms with Crippen LogP contribution in [0.3, 0.4) is 0 Å². The van der Waals surface area contributed by atoms with E-state index >= 15 is 0 Å². The van der Waals surface area contributed by atoms with Crippen molar-refractivity contribution in [2.45, 2.75) is 26.8 Å². The van der Waals surface area contributed by atoms with Gasteiger partial charge in [0.15, 0.2) is 6.61 Å². The molecule has 1 aliphatic heterocycles. The molecule has 0 radical (unpaired) electrons. The van der Waals surface area contributed by atoms with Gasteiger partial charge in [-0.15, -0.1) is 0 Å². The highest BCUT2D eigenvalue weighted by Gasteiger charge is 2.25. The molecule has 1 aromatic carbocycles. The number of nitrogens with two attached hydrogens (primary N) is 1. The van der Waals surface area contributed by atoms with Crippen molar-refractivity contribution in [3.8, 4) is 5.75 Å².